The first kappa shape index (κ1) is 14.9. The van der Waals surface area contributed by atoms with Crippen LogP contribution in [0.5, 0.6) is 0 Å². The van der Waals surface area contributed by atoms with Gasteiger partial charge >= 0.3 is 6.03 Å². The van der Waals surface area contributed by atoms with Gasteiger partial charge < -0.3 is 5.32 Å². The van der Waals surface area contributed by atoms with Crippen LogP contribution in [0.4, 0.5) is 9.93 Å². The van der Waals surface area contributed by atoms with E-state index in [4.69, 9.17) is 0 Å². The molecule has 20 heavy (non-hydrogen) atoms. The number of hydrogen-bond donors (Lipinski definition) is 2. The average Bonchev–Trinajstić information content (AvgIpc) is 2.85. The van der Waals surface area contributed by atoms with Crippen molar-refractivity contribution in [3.8, 4) is 0 Å². The number of aromatic nitrogens is 2. The van der Waals surface area contributed by atoms with Crippen LogP contribution in [-0.4, -0.2) is 36.4 Å². The van der Waals surface area contributed by atoms with Gasteiger partial charge in [0.2, 0.25) is 5.13 Å². The lowest BCUT2D eigenvalue weighted by atomic mass is 10.1. The monoisotopic (exact) mass is 316 g/mol. The van der Waals surface area contributed by atoms with E-state index in [9.17, 15) is 13.2 Å². The fourth-order valence-corrected chi connectivity index (χ4v) is 3.89. The lowest BCUT2D eigenvalue weighted by Gasteiger charge is -2.09. The molecule has 0 saturated heterocycles. The van der Waals surface area contributed by atoms with E-state index in [1.807, 2.05) is 0 Å². The van der Waals surface area contributed by atoms with Gasteiger partial charge in [0.05, 0.1) is 11.8 Å². The quantitative estimate of drug-likeness (QED) is 0.868. The van der Waals surface area contributed by atoms with Gasteiger partial charge in [-0.15, -0.1) is 10.2 Å². The summed E-state index contributed by atoms with van der Waals surface area (Å²) in [4.78, 5) is 11.7. The van der Waals surface area contributed by atoms with Crippen LogP contribution in [0.1, 0.15) is 18.9 Å². The van der Waals surface area contributed by atoms with Gasteiger partial charge in [-0.1, -0.05) is 25.2 Å². The van der Waals surface area contributed by atoms with Crippen LogP contribution in [0, 0.1) is 5.92 Å². The first-order valence-corrected chi connectivity index (χ1v) is 8.68. The minimum absolute atomic E-state index is 0.102. The largest absolute Gasteiger partial charge is 0.331 e. The Kier molecular flexibility index (Phi) is 4.39. The fraction of sp³-hybridized carbons (Fsp3) is 0.545. The van der Waals surface area contributed by atoms with Crippen molar-refractivity contribution in [1.29, 1.82) is 0 Å². The Bertz CT molecular complexity index is 621. The van der Waals surface area contributed by atoms with Crippen molar-refractivity contribution in [2.24, 2.45) is 5.92 Å². The molecule has 0 saturated carbocycles. The molecule has 2 heterocycles. The van der Waals surface area contributed by atoms with Crippen LogP contribution in [0.2, 0.25) is 0 Å². The van der Waals surface area contributed by atoms with Crippen LogP contribution in [0.25, 0.3) is 0 Å². The molecular formula is C11H16N4O3S2. The molecule has 2 rings (SSSR count). The lowest BCUT2D eigenvalue weighted by Crippen LogP contribution is -2.38. The van der Waals surface area contributed by atoms with E-state index in [1.165, 1.54) is 17.4 Å². The summed E-state index contributed by atoms with van der Waals surface area (Å²) >= 11 is 1.32. The Morgan fingerprint density at radius 3 is 2.85 bits per heavy atom. The summed E-state index contributed by atoms with van der Waals surface area (Å²) in [7, 11) is -3.17. The van der Waals surface area contributed by atoms with Crippen molar-refractivity contribution in [3.63, 3.8) is 0 Å². The molecule has 1 aliphatic heterocycles. The number of hydrogen-bond acceptors (Lipinski definition) is 6. The predicted molar refractivity (Wildman–Crippen MR) is 77.3 cm³/mol. The van der Waals surface area contributed by atoms with Gasteiger partial charge in [-0.2, -0.15) is 0 Å². The molecule has 0 aliphatic carbocycles. The van der Waals surface area contributed by atoms with Crippen LogP contribution in [0.15, 0.2) is 11.5 Å². The summed E-state index contributed by atoms with van der Waals surface area (Å²) in [6, 6.07) is -0.980. The molecule has 0 aromatic carbocycles. The number of sulfone groups is 1. The van der Waals surface area contributed by atoms with E-state index in [0.717, 1.165) is 16.8 Å². The topological polar surface area (TPSA) is 101 Å². The Labute approximate surface area is 121 Å². The molecule has 0 fully saturated rings. The van der Waals surface area contributed by atoms with E-state index in [-0.39, 0.29) is 5.75 Å². The van der Waals surface area contributed by atoms with Gasteiger partial charge in [0.1, 0.15) is 5.01 Å². The molecule has 1 aliphatic rings. The van der Waals surface area contributed by atoms with Gasteiger partial charge in [0.25, 0.3) is 0 Å². The van der Waals surface area contributed by atoms with Crippen LogP contribution >= 0.6 is 11.3 Å². The number of amides is 2. The highest BCUT2D eigenvalue weighted by Crippen LogP contribution is 2.18. The van der Waals surface area contributed by atoms with E-state index in [1.54, 1.807) is 0 Å². The molecule has 9 heteroatoms. The Morgan fingerprint density at radius 2 is 2.25 bits per heavy atom. The predicted octanol–water partition coefficient (Wildman–Crippen LogP) is 1.17. The molecule has 2 amide bonds. The number of nitrogens with zero attached hydrogens (tertiary/aromatic N) is 2. The summed E-state index contributed by atoms with van der Waals surface area (Å²) < 4.78 is 22.4. The maximum atomic E-state index is 11.7. The Morgan fingerprint density at radius 1 is 1.50 bits per heavy atom. The molecule has 0 radical (unpaired) electrons. The second-order valence-electron chi connectivity index (χ2n) is 4.96. The molecule has 7 nitrogen and oxygen atoms in total. The average molecular weight is 316 g/mol. The number of anilines is 1. The number of nitrogens with one attached hydrogen (secondary N) is 2. The highest BCUT2D eigenvalue weighted by atomic mass is 32.2. The molecular weight excluding hydrogens is 300 g/mol. The maximum absolute atomic E-state index is 11.7. The maximum Gasteiger partial charge on any atom is 0.321 e. The third-order valence-electron chi connectivity index (χ3n) is 2.52. The summed E-state index contributed by atoms with van der Waals surface area (Å²) in [5, 5.41) is 15.3. The first-order chi connectivity index (χ1) is 9.34. The Hall–Kier alpha value is -1.48. The lowest BCUT2D eigenvalue weighted by molar-refractivity contribution is 0.251. The van der Waals surface area contributed by atoms with Crippen molar-refractivity contribution in [1.82, 2.24) is 15.5 Å². The van der Waals surface area contributed by atoms with Crippen molar-refractivity contribution in [2.75, 3.05) is 11.1 Å². The van der Waals surface area contributed by atoms with Crippen LogP contribution in [0.3, 0.4) is 0 Å². The summed E-state index contributed by atoms with van der Waals surface area (Å²) in [6.07, 6.45) is 2.27. The van der Waals surface area contributed by atoms with Crippen molar-refractivity contribution >= 4 is 32.3 Å². The molecule has 1 atom stereocenters. The Balaban J connectivity index is 1.86. The molecule has 0 bridgehead atoms. The molecule has 110 valence electrons. The highest BCUT2D eigenvalue weighted by Gasteiger charge is 2.23. The first-order valence-electron chi connectivity index (χ1n) is 6.15. The normalized spacial score (nSPS) is 20.2. The third-order valence-corrected chi connectivity index (χ3v) is 4.77. The molecule has 1 aromatic heterocycles. The van der Waals surface area contributed by atoms with Gasteiger partial charge in [-0.25, -0.2) is 13.2 Å². The van der Waals surface area contributed by atoms with E-state index < -0.39 is 21.9 Å². The van der Waals surface area contributed by atoms with E-state index in [2.05, 4.69) is 34.7 Å². The fourth-order valence-electron chi connectivity index (χ4n) is 1.70. The standard InChI is InChI=1S/C11H16N4O3S2/c1-7(2)5-9-14-15-11(19-9)13-10(16)12-8-3-4-20(17,18)6-8/h3-4,7-8H,5-6H2,1-2H3,(H2,12,13,15,16)/t8-/m1/s1. The second kappa shape index (κ2) is 5.88. The van der Waals surface area contributed by atoms with Crippen LogP contribution < -0.4 is 10.6 Å². The van der Waals surface area contributed by atoms with Crippen molar-refractivity contribution in [2.45, 2.75) is 26.3 Å². The zero-order chi connectivity index (χ0) is 14.8. The summed E-state index contributed by atoms with van der Waals surface area (Å²) in [6.45, 7) is 4.15. The number of rotatable bonds is 4. The van der Waals surface area contributed by atoms with Crippen LogP contribution in [-0.2, 0) is 16.3 Å². The zero-order valence-corrected chi connectivity index (χ0v) is 12.8. The number of carbonyl (C=O) groups is 1. The minimum Gasteiger partial charge on any atom is -0.331 e. The van der Waals surface area contributed by atoms with Crippen molar-refractivity contribution < 1.29 is 13.2 Å². The van der Waals surface area contributed by atoms with Gasteiger partial charge in [-0.3, -0.25) is 5.32 Å². The SMILES string of the molecule is CC(C)Cc1nnc(NC(=O)N[C@@H]2C=CS(=O)(=O)C2)s1. The number of carbonyl (C=O) groups excluding carboxylic acids is 1. The minimum atomic E-state index is -3.17. The molecule has 0 spiro atoms. The summed E-state index contributed by atoms with van der Waals surface area (Å²) in [5.74, 6) is 0.369. The molecule has 2 N–H and O–H groups in total. The van der Waals surface area contributed by atoms with Crippen molar-refractivity contribution in [3.05, 3.63) is 16.5 Å². The van der Waals surface area contributed by atoms with Gasteiger partial charge in [0.15, 0.2) is 9.84 Å². The highest BCUT2D eigenvalue weighted by molar-refractivity contribution is 7.94. The van der Waals surface area contributed by atoms with Gasteiger partial charge in [-0.05, 0) is 12.0 Å². The summed E-state index contributed by atoms with van der Waals surface area (Å²) in [5.41, 5.74) is 0. The number of urea groups is 1. The molecule has 1 aromatic rings. The smallest absolute Gasteiger partial charge is 0.321 e. The second-order valence-corrected chi connectivity index (χ2v) is 7.96. The molecule has 0 unspecified atom stereocenters. The van der Waals surface area contributed by atoms with E-state index >= 15 is 0 Å². The zero-order valence-electron chi connectivity index (χ0n) is 11.2. The van der Waals surface area contributed by atoms with E-state index in [0.29, 0.717) is 11.0 Å². The third kappa shape index (κ3) is 4.27. The van der Waals surface area contributed by atoms with Gasteiger partial charge in [0, 0.05) is 11.8 Å².